The molecule has 1 saturated carbocycles. The summed E-state index contributed by atoms with van der Waals surface area (Å²) in [6.45, 7) is 0.607. The second-order valence-corrected chi connectivity index (χ2v) is 4.79. The topological polar surface area (TPSA) is 55.1 Å². The van der Waals surface area contributed by atoms with E-state index in [1.54, 1.807) is 0 Å². The fourth-order valence-electron chi connectivity index (χ4n) is 2.33. The molecular formula is C14H20N2O. The van der Waals surface area contributed by atoms with Crippen molar-refractivity contribution in [1.82, 2.24) is 5.32 Å². The fourth-order valence-corrected chi connectivity index (χ4v) is 2.33. The lowest BCUT2D eigenvalue weighted by atomic mass is 9.88. The zero-order chi connectivity index (χ0) is 12.1. The summed E-state index contributed by atoms with van der Waals surface area (Å²) < 4.78 is 0. The highest BCUT2D eigenvalue weighted by Crippen LogP contribution is 2.23. The third kappa shape index (κ3) is 3.48. The Bertz CT molecular complexity index is 366. The van der Waals surface area contributed by atoms with Gasteiger partial charge < -0.3 is 11.1 Å². The van der Waals surface area contributed by atoms with Crippen molar-refractivity contribution in [1.29, 1.82) is 0 Å². The first-order valence-corrected chi connectivity index (χ1v) is 6.38. The van der Waals surface area contributed by atoms with E-state index >= 15 is 0 Å². The quantitative estimate of drug-likeness (QED) is 0.786. The number of hydrogen-bond donors (Lipinski definition) is 2. The van der Waals surface area contributed by atoms with Gasteiger partial charge in [0.25, 0.3) is 0 Å². The summed E-state index contributed by atoms with van der Waals surface area (Å²) in [7, 11) is 0. The van der Waals surface area contributed by atoms with E-state index in [0.29, 0.717) is 6.54 Å². The number of nitrogens with two attached hydrogens (primary N) is 1. The molecule has 3 N–H and O–H groups in total. The summed E-state index contributed by atoms with van der Waals surface area (Å²) in [4.78, 5) is 11.9. The molecule has 0 aliphatic heterocycles. The standard InChI is InChI=1S/C14H20N2O/c15-13-8-6-11(7-9-13)10-16-14(17)12-4-2-1-3-5-12/h6-9,12H,1-5,10,15H2,(H,16,17). The normalized spacial score (nSPS) is 16.7. The van der Waals surface area contributed by atoms with Crippen molar-refractivity contribution in [3.05, 3.63) is 29.8 Å². The highest BCUT2D eigenvalue weighted by Gasteiger charge is 2.20. The third-order valence-electron chi connectivity index (χ3n) is 3.42. The number of benzene rings is 1. The first-order valence-electron chi connectivity index (χ1n) is 6.38. The van der Waals surface area contributed by atoms with E-state index in [1.165, 1.54) is 19.3 Å². The van der Waals surface area contributed by atoms with E-state index in [2.05, 4.69) is 5.32 Å². The molecule has 1 amide bonds. The Kier molecular flexibility index (Phi) is 4.02. The molecular weight excluding hydrogens is 212 g/mol. The van der Waals surface area contributed by atoms with Crippen molar-refractivity contribution >= 4 is 11.6 Å². The van der Waals surface area contributed by atoms with Crippen molar-refractivity contribution in [3.8, 4) is 0 Å². The van der Waals surface area contributed by atoms with Gasteiger partial charge in [-0.25, -0.2) is 0 Å². The highest BCUT2D eigenvalue weighted by molar-refractivity contribution is 5.78. The maximum atomic E-state index is 11.9. The minimum atomic E-state index is 0.210. The Morgan fingerprint density at radius 1 is 1.18 bits per heavy atom. The van der Waals surface area contributed by atoms with Gasteiger partial charge in [0, 0.05) is 18.2 Å². The largest absolute Gasteiger partial charge is 0.399 e. The molecule has 2 rings (SSSR count). The second kappa shape index (κ2) is 5.71. The van der Waals surface area contributed by atoms with E-state index < -0.39 is 0 Å². The van der Waals surface area contributed by atoms with Crippen LogP contribution in [0.15, 0.2) is 24.3 Å². The number of carbonyl (C=O) groups is 1. The van der Waals surface area contributed by atoms with Gasteiger partial charge in [0.2, 0.25) is 5.91 Å². The van der Waals surface area contributed by atoms with Crippen molar-refractivity contribution < 1.29 is 4.79 Å². The second-order valence-electron chi connectivity index (χ2n) is 4.79. The zero-order valence-corrected chi connectivity index (χ0v) is 10.1. The van der Waals surface area contributed by atoms with Crippen LogP contribution in [0.3, 0.4) is 0 Å². The van der Waals surface area contributed by atoms with Crippen molar-refractivity contribution in [3.63, 3.8) is 0 Å². The van der Waals surface area contributed by atoms with Gasteiger partial charge in [-0.2, -0.15) is 0 Å². The van der Waals surface area contributed by atoms with Gasteiger partial charge in [0.15, 0.2) is 0 Å². The molecule has 0 saturated heterocycles. The average molecular weight is 232 g/mol. The number of hydrogen-bond acceptors (Lipinski definition) is 2. The van der Waals surface area contributed by atoms with Crippen molar-refractivity contribution in [2.24, 2.45) is 5.92 Å². The van der Waals surface area contributed by atoms with Gasteiger partial charge in [-0.3, -0.25) is 4.79 Å². The lowest BCUT2D eigenvalue weighted by molar-refractivity contribution is -0.126. The Labute approximate surface area is 102 Å². The highest BCUT2D eigenvalue weighted by atomic mass is 16.1. The molecule has 1 aliphatic rings. The van der Waals surface area contributed by atoms with E-state index in [9.17, 15) is 4.79 Å². The molecule has 0 radical (unpaired) electrons. The van der Waals surface area contributed by atoms with E-state index in [1.807, 2.05) is 24.3 Å². The van der Waals surface area contributed by atoms with Gasteiger partial charge in [0.1, 0.15) is 0 Å². The van der Waals surface area contributed by atoms with Crippen LogP contribution in [0.1, 0.15) is 37.7 Å². The Morgan fingerprint density at radius 2 is 1.82 bits per heavy atom. The van der Waals surface area contributed by atoms with Crippen LogP contribution in [0.25, 0.3) is 0 Å². The number of nitrogens with one attached hydrogen (secondary N) is 1. The smallest absolute Gasteiger partial charge is 0.223 e. The lowest BCUT2D eigenvalue weighted by Gasteiger charge is -2.20. The van der Waals surface area contributed by atoms with Crippen molar-refractivity contribution in [2.45, 2.75) is 38.6 Å². The Morgan fingerprint density at radius 3 is 2.47 bits per heavy atom. The summed E-state index contributed by atoms with van der Waals surface area (Å²) in [5.41, 5.74) is 7.47. The summed E-state index contributed by atoms with van der Waals surface area (Å²) in [5.74, 6) is 0.444. The molecule has 0 aromatic heterocycles. The molecule has 0 spiro atoms. The van der Waals surface area contributed by atoms with E-state index in [0.717, 1.165) is 24.1 Å². The van der Waals surface area contributed by atoms with Crippen molar-refractivity contribution in [2.75, 3.05) is 5.73 Å². The molecule has 0 bridgehead atoms. The SMILES string of the molecule is Nc1ccc(CNC(=O)C2CCCCC2)cc1. The number of rotatable bonds is 3. The van der Waals surface area contributed by atoms with Crippen LogP contribution in [0.2, 0.25) is 0 Å². The maximum absolute atomic E-state index is 11.9. The van der Waals surface area contributed by atoms with E-state index in [4.69, 9.17) is 5.73 Å². The van der Waals surface area contributed by atoms with E-state index in [-0.39, 0.29) is 11.8 Å². The number of carbonyl (C=O) groups excluding carboxylic acids is 1. The molecule has 92 valence electrons. The van der Waals surface area contributed by atoms with Gasteiger partial charge in [-0.05, 0) is 30.5 Å². The monoisotopic (exact) mass is 232 g/mol. The molecule has 17 heavy (non-hydrogen) atoms. The van der Waals surface area contributed by atoms with Gasteiger partial charge in [-0.15, -0.1) is 0 Å². The molecule has 3 nitrogen and oxygen atoms in total. The molecule has 0 atom stereocenters. The summed E-state index contributed by atoms with van der Waals surface area (Å²) in [5, 5.41) is 3.01. The molecule has 0 unspecified atom stereocenters. The Hall–Kier alpha value is -1.51. The maximum Gasteiger partial charge on any atom is 0.223 e. The lowest BCUT2D eigenvalue weighted by Crippen LogP contribution is -2.31. The molecule has 0 heterocycles. The van der Waals surface area contributed by atoms with Crippen LogP contribution in [-0.2, 0) is 11.3 Å². The Balaban J connectivity index is 1.81. The fraction of sp³-hybridized carbons (Fsp3) is 0.500. The predicted octanol–water partition coefficient (Wildman–Crippen LogP) is 2.47. The predicted molar refractivity (Wildman–Crippen MR) is 69.3 cm³/mol. The van der Waals surface area contributed by atoms with Crippen LogP contribution in [0.4, 0.5) is 5.69 Å². The van der Waals surface area contributed by atoms with Crippen LogP contribution >= 0.6 is 0 Å². The zero-order valence-electron chi connectivity index (χ0n) is 10.1. The number of anilines is 1. The molecule has 1 aliphatic carbocycles. The van der Waals surface area contributed by atoms with Gasteiger partial charge in [-0.1, -0.05) is 31.4 Å². The van der Waals surface area contributed by atoms with Gasteiger partial charge in [0.05, 0.1) is 0 Å². The van der Waals surface area contributed by atoms with Crippen LogP contribution in [0.5, 0.6) is 0 Å². The summed E-state index contributed by atoms with van der Waals surface area (Å²) >= 11 is 0. The van der Waals surface area contributed by atoms with Crippen LogP contribution in [-0.4, -0.2) is 5.91 Å². The minimum Gasteiger partial charge on any atom is -0.399 e. The molecule has 1 aromatic rings. The van der Waals surface area contributed by atoms with Crippen LogP contribution in [0, 0.1) is 5.92 Å². The summed E-state index contributed by atoms with van der Waals surface area (Å²) in [6, 6.07) is 7.64. The first-order chi connectivity index (χ1) is 8.25. The molecule has 3 heteroatoms. The van der Waals surface area contributed by atoms with Gasteiger partial charge >= 0.3 is 0 Å². The third-order valence-corrected chi connectivity index (χ3v) is 3.42. The molecule has 1 fully saturated rings. The molecule has 1 aromatic carbocycles. The van der Waals surface area contributed by atoms with Crippen LogP contribution < -0.4 is 11.1 Å². The number of nitrogen functional groups attached to an aromatic ring is 1. The average Bonchev–Trinajstić information content (AvgIpc) is 2.39. The first kappa shape index (κ1) is 12.0. The minimum absolute atomic E-state index is 0.210. The summed E-state index contributed by atoms with van der Waals surface area (Å²) in [6.07, 6.45) is 5.77. The number of amides is 1.